The molecule has 18 nitrogen and oxygen atoms in total. The minimum absolute atomic E-state index is 0. The SMILES string of the molecule is CCOP(=O)([O-])c1cc2ccc1OCc1cccc(n1)COc1ccc(cc1P(=O)([O-])OCC)C(C)(C)c1ccc(c(P(=O)([O-])OCC)c1)OCc1cccc(n1)COc1ccc(cc1P(=O)([O-])OCC)C2(C)C.[Li+].[Li+].[Li+].[Li+]. The van der Waals surface area contributed by atoms with Crippen LogP contribution in [0.5, 0.6) is 23.0 Å². The summed E-state index contributed by atoms with van der Waals surface area (Å²) >= 11 is 0. The summed E-state index contributed by atoms with van der Waals surface area (Å²) in [6.07, 6.45) is 0. The number of benzene rings is 4. The molecule has 0 aliphatic carbocycles. The molecule has 4 unspecified atom stereocenters. The third kappa shape index (κ3) is 16.3. The van der Waals surface area contributed by atoms with Gasteiger partial charge >= 0.3 is 75.4 Å². The van der Waals surface area contributed by atoms with Gasteiger partial charge in [-0.15, -0.1) is 0 Å². The predicted octanol–water partition coefficient (Wildman–Crippen LogP) is -5.37. The molecule has 78 heavy (non-hydrogen) atoms. The first-order valence-electron chi connectivity index (χ1n) is 23.8. The zero-order valence-corrected chi connectivity index (χ0v) is 49.8. The Morgan fingerprint density at radius 3 is 0.795 bits per heavy atom. The van der Waals surface area contributed by atoms with Crippen molar-refractivity contribution in [1.29, 1.82) is 0 Å². The Morgan fingerprint density at radius 2 is 0.603 bits per heavy atom. The normalized spacial score (nSPS) is 17.0. The van der Waals surface area contributed by atoms with Crippen molar-refractivity contribution in [2.75, 3.05) is 26.4 Å². The van der Waals surface area contributed by atoms with E-state index in [4.69, 9.17) is 37.0 Å². The van der Waals surface area contributed by atoms with Crippen LogP contribution in [0.4, 0.5) is 0 Å². The van der Waals surface area contributed by atoms with Crippen LogP contribution in [0.1, 0.15) is 100 Å². The minimum atomic E-state index is -4.76. The first-order chi connectivity index (χ1) is 34.9. The number of hydrogen-bond acceptors (Lipinski definition) is 18. The van der Waals surface area contributed by atoms with Crippen LogP contribution < -0.4 is 135 Å². The van der Waals surface area contributed by atoms with Crippen LogP contribution >= 0.6 is 30.4 Å². The Bertz CT molecular complexity index is 2820. The van der Waals surface area contributed by atoms with Gasteiger partial charge < -0.3 is 74.9 Å². The van der Waals surface area contributed by atoms with Crippen molar-refractivity contribution in [1.82, 2.24) is 9.97 Å². The van der Waals surface area contributed by atoms with Crippen LogP contribution in [0.2, 0.25) is 0 Å². The van der Waals surface area contributed by atoms with Gasteiger partial charge in [-0.3, -0.25) is 9.97 Å². The van der Waals surface area contributed by atoms with E-state index in [2.05, 4.69) is 9.97 Å². The molecular weight excluding hydrogens is 1060 g/mol. The fraction of sp³-hybridized carbons (Fsp3) is 0.346. The van der Waals surface area contributed by atoms with Crippen molar-refractivity contribution >= 4 is 51.6 Å². The molecule has 12 heterocycles. The Morgan fingerprint density at radius 1 is 0.397 bits per heavy atom. The standard InChI is InChI=1S/C52H62N2O16P4.4Li/c1-9-67-71(55,56)47-27-35-19-23-43(47)63-31-39-15-13-16-40(53-39)32-64-45-25-21-37(29-49(45)73(59,60)69-11-3)52(7,8)38-22-26-46(50(30-38)74(61,62)70-12-4)66-34-42-18-14-17-41(54-42)33-65-44-24-20-36(51(35,5)6)28-48(44)72(57,58)68-10-2;;;;/h13-30H,9-12,31-34H2,1-8H3,(H,55,56)(H,57,58)(H,59,60)(H,61,62);;;;/q;4*+1/p-4. The second kappa shape index (κ2) is 29.1. The molecule has 0 saturated heterocycles. The quantitative estimate of drug-likeness (QED) is 0.0819. The number of pyridine rings is 2. The molecule has 0 fully saturated rings. The molecule has 6 aromatic rings. The fourth-order valence-electron chi connectivity index (χ4n) is 8.25. The molecule has 4 aromatic carbocycles. The van der Waals surface area contributed by atoms with Gasteiger partial charge in [-0.2, -0.15) is 0 Å². The van der Waals surface area contributed by atoms with Crippen LogP contribution in [0.3, 0.4) is 0 Å². The van der Waals surface area contributed by atoms with E-state index in [1.165, 1.54) is 48.5 Å². The van der Waals surface area contributed by atoms with Crippen molar-refractivity contribution < 1.29 is 150 Å². The molecule has 0 saturated carbocycles. The maximum atomic E-state index is 13.7. The maximum Gasteiger partial charge on any atom is 1.00 e. The minimum Gasteiger partial charge on any atom is -0.775 e. The summed E-state index contributed by atoms with van der Waals surface area (Å²) in [5, 5.41) is -0.988. The van der Waals surface area contributed by atoms with Gasteiger partial charge in [-0.1, -0.05) is 64.1 Å². The molecule has 26 heteroatoms. The molecule has 4 atom stereocenters. The summed E-state index contributed by atoms with van der Waals surface area (Å²) in [5.41, 5.74) is 1.33. The van der Waals surface area contributed by atoms with Gasteiger partial charge in [0.2, 0.25) is 0 Å². The summed E-state index contributed by atoms with van der Waals surface area (Å²) in [4.78, 5) is 64.3. The zero-order chi connectivity index (χ0) is 53.7. The fourth-order valence-corrected chi connectivity index (χ4v) is 13.0. The molecule has 10 aliphatic heterocycles. The molecule has 10 aliphatic rings. The van der Waals surface area contributed by atoms with Gasteiger partial charge in [0.15, 0.2) is 30.4 Å². The van der Waals surface area contributed by atoms with Crippen LogP contribution in [-0.2, 0) is 73.6 Å². The third-order valence-corrected chi connectivity index (χ3v) is 18.5. The van der Waals surface area contributed by atoms with E-state index < -0.39 is 41.2 Å². The predicted molar refractivity (Wildman–Crippen MR) is 271 cm³/mol. The molecule has 0 spiro atoms. The first kappa shape index (κ1) is 69.6. The largest absolute Gasteiger partial charge is 1.00 e. The molecular formula is C52H58Li4N2O16P4. The Hall–Kier alpha value is -2.63. The topological polar surface area (TPSA) is 260 Å². The summed E-state index contributed by atoms with van der Waals surface area (Å²) < 4.78 is 101. The van der Waals surface area contributed by atoms with E-state index >= 15 is 0 Å². The smallest absolute Gasteiger partial charge is 0.775 e. The summed E-state index contributed by atoms with van der Waals surface area (Å²) in [6, 6.07) is 28.4. The molecule has 0 N–H and O–H groups in total. The van der Waals surface area contributed by atoms with Crippen LogP contribution in [0, 0.1) is 0 Å². The van der Waals surface area contributed by atoms with Gasteiger partial charge in [0.1, 0.15) is 49.4 Å². The maximum absolute atomic E-state index is 13.7. The second-order valence-corrected chi connectivity index (χ2v) is 25.0. The van der Waals surface area contributed by atoms with E-state index in [1.54, 1.807) is 116 Å². The summed E-state index contributed by atoms with van der Waals surface area (Å²) in [5.74, 6) is -0.118. The Balaban J connectivity index is 0.00000400. The van der Waals surface area contributed by atoms with Crippen molar-refractivity contribution in [3.05, 3.63) is 154 Å². The number of ether oxygens (including phenoxy) is 4. The van der Waals surface area contributed by atoms with Crippen molar-refractivity contribution in [2.45, 2.75) is 92.6 Å². The first-order valence-corrected chi connectivity index (χ1v) is 30.0. The van der Waals surface area contributed by atoms with E-state index in [-0.39, 0.29) is 173 Å². The van der Waals surface area contributed by atoms with Crippen LogP contribution in [0.15, 0.2) is 109 Å². The van der Waals surface area contributed by atoms with Gasteiger partial charge in [-0.25, -0.2) is 0 Å². The van der Waals surface area contributed by atoms with Gasteiger partial charge in [0.05, 0.1) is 70.4 Å². The van der Waals surface area contributed by atoms with Crippen LogP contribution in [0.25, 0.3) is 0 Å². The van der Waals surface area contributed by atoms with Crippen molar-refractivity contribution in [2.24, 2.45) is 0 Å². The molecule has 0 amide bonds. The average Bonchev–Trinajstić information content (AvgIpc) is 3.35. The van der Waals surface area contributed by atoms with Gasteiger partial charge in [0, 0.05) is 10.8 Å². The summed E-state index contributed by atoms with van der Waals surface area (Å²) in [7, 11) is -19.0. The monoisotopic (exact) mass is 1120 g/mol. The molecule has 0 radical (unpaired) electrons. The Kier molecular flexibility index (Phi) is 25.9. The molecule has 396 valence electrons. The third-order valence-electron chi connectivity index (χ3n) is 12.3. The number of aromatic nitrogens is 2. The van der Waals surface area contributed by atoms with E-state index in [0.29, 0.717) is 45.0 Å². The zero-order valence-electron chi connectivity index (χ0n) is 46.3. The number of nitrogens with zero attached hydrogens (tertiary/aromatic N) is 2. The molecule has 12 bridgehead atoms. The van der Waals surface area contributed by atoms with Crippen LogP contribution in [-0.4, -0.2) is 36.4 Å². The Labute approximate surface area is 504 Å². The average molecular weight is 1120 g/mol. The molecule has 2 aromatic heterocycles. The van der Waals surface area contributed by atoms with E-state index in [9.17, 15) is 37.8 Å². The summed E-state index contributed by atoms with van der Waals surface area (Å²) in [6.45, 7) is 11.9. The van der Waals surface area contributed by atoms with Crippen molar-refractivity contribution in [3.8, 4) is 23.0 Å². The van der Waals surface area contributed by atoms with E-state index in [1.807, 2.05) is 0 Å². The van der Waals surface area contributed by atoms with Gasteiger partial charge in [-0.05, 0) is 123 Å². The molecule has 16 rings (SSSR count). The number of hydrogen-bond donors (Lipinski definition) is 0. The second-order valence-electron chi connectivity index (χ2n) is 18.0. The van der Waals surface area contributed by atoms with E-state index in [0.717, 1.165) is 0 Å². The van der Waals surface area contributed by atoms with Gasteiger partial charge in [0.25, 0.3) is 0 Å². The van der Waals surface area contributed by atoms with Crippen molar-refractivity contribution in [3.63, 3.8) is 0 Å². The number of rotatable bonds is 12.